The maximum absolute atomic E-state index is 12.9. The van der Waals surface area contributed by atoms with Crippen molar-refractivity contribution in [3.63, 3.8) is 0 Å². The lowest BCUT2D eigenvalue weighted by Crippen LogP contribution is -2.03. The number of carbonyl (C=O) groups is 1. The van der Waals surface area contributed by atoms with Crippen molar-refractivity contribution in [3.8, 4) is 0 Å². The quantitative estimate of drug-likeness (QED) is 0.300. The lowest BCUT2D eigenvalue weighted by atomic mass is 10.2. The topological polar surface area (TPSA) is 126 Å². The number of carbonyl (C=O) groups excluding carboxylic acids is 1. The number of benzene rings is 1. The van der Waals surface area contributed by atoms with E-state index in [1.54, 1.807) is 0 Å². The van der Waals surface area contributed by atoms with E-state index in [9.17, 15) is 22.7 Å². The van der Waals surface area contributed by atoms with Crippen LogP contribution in [0.3, 0.4) is 0 Å². The number of hydrogen-bond donors (Lipinski definition) is 2. The number of nitrogens with one attached hydrogen (secondary N) is 1. The normalized spacial score (nSPS) is 12.3. The molecule has 25 heavy (non-hydrogen) atoms. The maximum Gasteiger partial charge on any atom is 0.233 e. The van der Waals surface area contributed by atoms with Crippen LogP contribution in [0.15, 0.2) is 51.3 Å². The Balaban J connectivity index is 1.88. The Morgan fingerprint density at radius 2 is 2.00 bits per heavy atom. The van der Waals surface area contributed by atoms with Crippen LogP contribution < -0.4 is 0 Å². The Labute approximate surface area is 144 Å². The monoisotopic (exact) mass is 380 g/mol. The minimum Gasteiger partial charge on any atom is -0.504 e. The molecule has 3 rings (SSSR count). The van der Waals surface area contributed by atoms with E-state index in [2.05, 4.69) is 20.2 Å². The summed E-state index contributed by atoms with van der Waals surface area (Å²) in [4.78, 5) is 19.4. The summed E-state index contributed by atoms with van der Waals surface area (Å²) < 4.78 is 37.4. The largest absolute Gasteiger partial charge is 0.504 e. The lowest BCUT2D eigenvalue weighted by molar-refractivity contribution is 0.104. The van der Waals surface area contributed by atoms with Crippen LogP contribution in [0.5, 0.6) is 0 Å². The number of sulfone groups is 1. The third-order valence-electron chi connectivity index (χ3n) is 3.00. The van der Waals surface area contributed by atoms with E-state index in [0.29, 0.717) is 0 Å². The third-order valence-corrected chi connectivity index (χ3v) is 6.03. The van der Waals surface area contributed by atoms with E-state index < -0.39 is 27.2 Å². The molecule has 0 saturated heterocycles. The molecule has 2 N–H and O–H groups in total. The van der Waals surface area contributed by atoms with Crippen LogP contribution >= 0.6 is 11.3 Å². The van der Waals surface area contributed by atoms with Crippen molar-refractivity contribution in [2.24, 2.45) is 0 Å². The van der Waals surface area contributed by atoms with Crippen molar-refractivity contribution in [2.45, 2.75) is 9.24 Å². The molecule has 0 aliphatic heterocycles. The van der Waals surface area contributed by atoms with Crippen molar-refractivity contribution < 1.29 is 22.7 Å². The van der Waals surface area contributed by atoms with Gasteiger partial charge in [0.1, 0.15) is 17.8 Å². The number of hydrogen-bond acceptors (Lipinski definition) is 8. The summed E-state index contributed by atoms with van der Waals surface area (Å²) in [5, 5.41) is 17.0. The van der Waals surface area contributed by atoms with Crippen molar-refractivity contribution in [3.05, 3.63) is 59.4 Å². The summed E-state index contributed by atoms with van der Waals surface area (Å²) in [5.74, 6) is -1.84. The molecule has 0 unspecified atom stereocenters. The zero-order valence-electron chi connectivity index (χ0n) is 12.2. The smallest absolute Gasteiger partial charge is 0.233 e. The molecular weight excluding hydrogens is 371 g/mol. The highest BCUT2D eigenvalue weighted by molar-refractivity contribution is 7.93. The van der Waals surface area contributed by atoms with Crippen LogP contribution in [0.25, 0.3) is 5.76 Å². The second-order valence-electron chi connectivity index (χ2n) is 4.67. The molecule has 0 radical (unpaired) electrons. The molecule has 0 amide bonds. The number of rotatable bonds is 5. The summed E-state index contributed by atoms with van der Waals surface area (Å²) in [6.45, 7) is 0. The van der Waals surface area contributed by atoms with Gasteiger partial charge < -0.3 is 5.11 Å². The van der Waals surface area contributed by atoms with Gasteiger partial charge in [0.15, 0.2) is 5.76 Å². The molecule has 2 aromatic heterocycles. The van der Waals surface area contributed by atoms with E-state index >= 15 is 0 Å². The van der Waals surface area contributed by atoms with Gasteiger partial charge in [0.2, 0.25) is 25.8 Å². The highest BCUT2D eigenvalue weighted by atomic mass is 32.2. The molecular formula is C14H9FN4O4S2. The van der Waals surface area contributed by atoms with Gasteiger partial charge in [-0.1, -0.05) is 0 Å². The first kappa shape index (κ1) is 16.9. The van der Waals surface area contributed by atoms with Gasteiger partial charge in [-0.15, -0.1) is 11.3 Å². The van der Waals surface area contributed by atoms with E-state index in [4.69, 9.17) is 0 Å². The minimum atomic E-state index is -3.96. The molecule has 128 valence electrons. The molecule has 0 bridgehead atoms. The number of thiazole rings is 1. The fourth-order valence-electron chi connectivity index (χ4n) is 1.80. The molecule has 0 aliphatic carbocycles. The average Bonchev–Trinajstić information content (AvgIpc) is 3.27. The molecule has 8 nitrogen and oxygen atoms in total. The van der Waals surface area contributed by atoms with Crippen LogP contribution in [0.1, 0.15) is 16.3 Å². The number of aliphatic hydroxyl groups is 1. The average molecular weight is 380 g/mol. The molecule has 0 fully saturated rings. The van der Waals surface area contributed by atoms with E-state index in [-0.39, 0.29) is 20.8 Å². The van der Waals surface area contributed by atoms with Gasteiger partial charge in [-0.2, -0.15) is 5.10 Å². The number of aliphatic hydroxyl groups excluding tert-OH is 1. The number of halogens is 1. The first-order valence-electron chi connectivity index (χ1n) is 6.65. The standard InChI is InChI=1S/C14H9FN4O4S2/c15-8-1-3-9(4-2-8)25(22,23)14-18-10(6-24-14)11(20)5-12(21)13-16-7-17-19-13/h1-7,21H,(H,16,17,19). The number of aromatic nitrogens is 4. The predicted octanol–water partition coefficient (Wildman–Crippen LogP) is 2.01. The van der Waals surface area contributed by atoms with Crippen LogP contribution in [-0.4, -0.2) is 39.5 Å². The van der Waals surface area contributed by atoms with Crippen molar-refractivity contribution >= 4 is 32.7 Å². The zero-order chi connectivity index (χ0) is 18.0. The van der Waals surface area contributed by atoms with Gasteiger partial charge >= 0.3 is 0 Å². The first-order chi connectivity index (χ1) is 11.9. The third kappa shape index (κ3) is 3.46. The Morgan fingerprint density at radius 3 is 2.64 bits per heavy atom. The van der Waals surface area contributed by atoms with Crippen molar-refractivity contribution in [1.82, 2.24) is 20.2 Å². The van der Waals surface area contributed by atoms with E-state index in [0.717, 1.165) is 41.7 Å². The minimum absolute atomic E-state index is 0.0808. The summed E-state index contributed by atoms with van der Waals surface area (Å²) >= 11 is 0.746. The number of H-pyrrole nitrogens is 1. The molecule has 0 atom stereocenters. The molecule has 11 heteroatoms. The summed E-state index contributed by atoms with van der Waals surface area (Å²) in [7, 11) is -3.96. The van der Waals surface area contributed by atoms with Gasteiger partial charge in [-0.25, -0.2) is 22.8 Å². The molecule has 0 aliphatic rings. The predicted molar refractivity (Wildman–Crippen MR) is 85.3 cm³/mol. The second-order valence-corrected chi connectivity index (χ2v) is 7.65. The van der Waals surface area contributed by atoms with E-state index in [1.165, 1.54) is 11.7 Å². The van der Waals surface area contributed by atoms with Gasteiger partial charge in [0, 0.05) is 11.5 Å². The second kappa shape index (κ2) is 6.53. The Bertz CT molecular complexity index is 1040. The lowest BCUT2D eigenvalue weighted by Gasteiger charge is -2.00. The molecule has 0 spiro atoms. The summed E-state index contributed by atoms with van der Waals surface area (Å²) in [5.41, 5.74) is -0.159. The van der Waals surface area contributed by atoms with E-state index in [1.807, 2.05) is 0 Å². The van der Waals surface area contributed by atoms with Gasteiger partial charge in [0.25, 0.3) is 0 Å². The molecule has 3 aromatic rings. The van der Waals surface area contributed by atoms with Crippen molar-refractivity contribution in [2.75, 3.05) is 0 Å². The number of ketones is 1. The molecule has 2 heterocycles. The van der Waals surface area contributed by atoms with Crippen LogP contribution in [0, 0.1) is 5.82 Å². The molecule has 0 saturated carbocycles. The zero-order valence-corrected chi connectivity index (χ0v) is 13.9. The number of aromatic amines is 1. The summed E-state index contributed by atoms with van der Waals surface area (Å²) in [6, 6.07) is 4.26. The summed E-state index contributed by atoms with van der Waals surface area (Å²) in [6.07, 6.45) is 2.06. The molecule has 1 aromatic carbocycles. The van der Waals surface area contributed by atoms with Crippen LogP contribution in [0.4, 0.5) is 4.39 Å². The van der Waals surface area contributed by atoms with Gasteiger partial charge in [-0.05, 0) is 24.3 Å². The van der Waals surface area contributed by atoms with Crippen LogP contribution in [-0.2, 0) is 9.84 Å². The maximum atomic E-state index is 12.9. The fraction of sp³-hybridized carbons (Fsp3) is 0. The Kier molecular flexibility index (Phi) is 4.42. The Hall–Kier alpha value is -2.92. The highest BCUT2D eigenvalue weighted by Crippen LogP contribution is 2.24. The van der Waals surface area contributed by atoms with Crippen molar-refractivity contribution in [1.29, 1.82) is 0 Å². The first-order valence-corrected chi connectivity index (χ1v) is 9.01. The van der Waals surface area contributed by atoms with Gasteiger partial charge in [-0.3, -0.25) is 9.89 Å². The highest BCUT2D eigenvalue weighted by Gasteiger charge is 2.23. The van der Waals surface area contributed by atoms with Gasteiger partial charge in [0.05, 0.1) is 4.90 Å². The number of allylic oxidation sites excluding steroid dienone is 1. The number of nitrogens with zero attached hydrogens (tertiary/aromatic N) is 3. The fourth-order valence-corrected chi connectivity index (χ4v) is 4.19. The van der Waals surface area contributed by atoms with Crippen LogP contribution in [0.2, 0.25) is 0 Å². The Morgan fingerprint density at radius 1 is 1.28 bits per heavy atom. The SMILES string of the molecule is O=C(C=C(O)c1nc[nH]n1)c1csc(S(=O)(=O)c2ccc(F)cc2)n1.